The molecule has 1 aliphatic heterocycles. The molecular formula is C36H52N4O5. The minimum atomic E-state index is -1.04. The molecule has 4 N–H and O–H groups in total. The Kier molecular flexibility index (Phi) is 12.8. The fourth-order valence-corrected chi connectivity index (χ4v) is 6.64. The third kappa shape index (κ3) is 10.9. The minimum absolute atomic E-state index is 0.00489. The Morgan fingerprint density at radius 1 is 0.889 bits per heavy atom. The van der Waals surface area contributed by atoms with E-state index in [1.807, 2.05) is 60.7 Å². The van der Waals surface area contributed by atoms with Crippen molar-refractivity contribution in [3.63, 3.8) is 0 Å². The van der Waals surface area contributed by atoms with E-state index in [0.29, 0.717) is 18.8 Å². The fourth-order valence-electron chi connectivity index (χ4n) is 6.64. The van der Waals surface area contributed by atoms with Crippen molar-refractivity contribution in [1.29, 1.82) is 0 Å². The number of carbonyl (C=O) groups is 3. The Morgan fingerprint density at radius 3 is 2.18 bits per heavy atom. The monoisotopic (exact) mass is 620 g/mol. The first kappa shape index (κ1) is 34.4. The molecule has 0 spiro atoms. The summed E-state index contributed by atoms with van der Waals surface area (Å²) >= 11 is 0. The molecule has 0 radical (unpaired) electrons. The highest BCUT2D eigenvalue weighted by Crippen LogP contribution is 2.28. The minimum Gasteiger partial charge on any atom is -0.445 e. The summed E-state index contributed by atoms with van der Waals surface area (Å²) in [6.07, 6.45) is 6.35. The topological polar surface area (TPSA) is 120 Å². The van der Waals surface area contributed by atoms with Gasteiger partial charge >= 0.3 is 6.09 Å². The van der Waals surface area contributed by atoms with E-state index in [-0.39, 0.29) is 36.5 Å². The lowest BCUT2D eigenvalue weighted by atomic mass is 9.84. The van der Waals surface area contributed by atoms with Gasteiger partial charge in [0.15, 0.2) is 0 Å². The number of aliphatic hydroxyl groups excluding tert-OH is 1. The molecule has 0 aromatic heterocycles. The lowest BCUT2D eigenvalue weighted by Gasteiger charge is -2.36. The third-order valence-electron chi connectivity index (χ3n) is 9.11. The van der Waals surface area contributed by atoms with Crippen molar-refractivity contribution in [2.75, 3.05) is 13.1 Å². The Morgan fingerprint density at radius 2 is 1.53 bits per heavy atom. The van der Waals surface area contributed by atoms with Crippen molar-refractivity contribution in [2.45, 2.75) is 115 Å². The number of benzene rings is 2. The number of carbonyl (C=O) groups excluding carboxylic acids is 3. The van der Waals surface area contributed by atoms with Crippen molar-refractivity contribution in [2.24, 2.45) is 5.92 Å². The zero-order valence-corrected chi connectivity index (χ0v) is 27.2. The quantitative estimate of drug-likeness (QED) is 0.257. The summed E-state index contributed by atoms with van der Waals surface area (Å²) < 4.78 is 5.46. The molecule has 246 valence electrons. The second-order valence-electron chi connectivity index (χ2n) is 13.6. The Bertz CT molecular complexity index is 1210. The lowest BCUT2D eigenvalue weighted by Crippen LogP contribution is -2.56. The molecule has 2 aliphatic rings. The zero-order valence-electron chi connectivity index (χ0n) is 27.2. The van der Waals surface area contributed by atoms with E-state index < -0.39 is 24.3 Å². The van der Waals surface area contributed by atoms with Crippen molar-refractivity contribution in [3.8, 4) is 0 Å². The van der Waals surface area contributed by atoms with Gasteiger partial charge in [0, 0.05) is 12.1 Å². The summed E-state index contributed by atoms with van der Waals surface area (Å²) in [7, 11) is 0. The molecular weight excluding hydrogens is 568 g/mol. The van der Waals surface area contributed by atoms with E-state index in [1.54, 1.807) is 0 Å². The van der Waals surface area contributed by atoms with E-state index in [2.05, 4.69) is 41.6 Å². The molecule has 3 amide bonds. The second kappa shape index (κ2) is 16.8. The van der Waals surface area contributed by atoms with Crippen LogP contribution in [-0.2, 0) is 27.4 Å². The van der Waals surface area contributed by atoms with Gasteiger partial charge in [0.25, 0.3) is 0 Å². The number of nitrogens with zero attached hydrogens (tertiary/aromatic N) is 1. The van der Waals surface area contributed by atoms with Gasteiger partial charge < -0.3 is 25.8 Å². The number of rotatable bonds is 13. The highest BCUT2D eigenvalue weighted by molar-refractivity contribution is 5.86. The van der Waals surface area contributed by atoms with Gasteiger partial charge in [-0.2, -0.15) is 0 Å². The van der Waals surface area contributed by atoms with Gasteiger partial charge in [0.05, 0.1) is 18.2 Å². The highest BCUT2D eigenvalue weighted by Gasteiger charge is 2.37. The van der Waals surface area contributed by atoms with E-state index >= 15 is 0 Å². The van der Waals surface area contributed by atoms with Gasteiger partial charge in [-0.1, -0.05) is 92.8 Å². The van der Waals surface area contributed by atoms with Crippen LogP contribution in [0.4, 0.5) is 4.79 Å². The lowest BCUT2D eigenvalue weighted by molar-refractivity contribution is -0.127. The predicted octanol–water partition coefficient (Wildman–Crippen LogP) is 4.72. The zero-order chi connectivity index (χ0) is 32.2. The smallest absolute Gasteiger partial charge is 0.408 e. The standard InChI is InChI=1S/C36H52N4O5/c1-36(2,3)40-21-13-20-31(40)34(43)37-24-32(41)29(22-26-14-7-4-8-15-26)38-33(42)30(23-27-16-9-5-10-17-27)39-35(44)45-25-28-18-11-6-12-19-28/h4,6-8,11-12,14-15,18-19,27,29-32,41H,5,9-10,13,16-17,20-25H2,1-3H3,(H,37,43)(H,38,42)(H,39,44)/t29-,30-,31-,32+/m0/s1. The fraction of sp³-hybridized carbons (Fsp3) is 0.583. The van der Waals surface area contributed by atoms with Gasteiger partial charge in [0.1, 0.15) is 12.6 Å². The number of likely N-dealkylation sites (tertiary alicyclic amines) is 1. The average molecular weight is 621 g/mol. The molecule has 2 aromatic rings. The second-order valence-corrected chi connectivity index (χ2v) is 13.6. The molecule has 1 saturated heterocycles. The highest BCUT2D eigenvalue weighted by atomic mass is 16.5. The average Bonchev–Trinajstić information content (AvgIpc) is 3.55. The number of amides is 3. The molecule has 0 unspecified atom stereocenters. The normalized spacial score (nSPS) is 19.7. The number of alkyl carbamates (subject to hydrolysis) is 1. The van der Waals surface area contributed by atoms with Crippen LogP contribution in [0.5, 0.6) is 0 Å². The van der Waals surface area contributed by atoms with Crippen molar-refractivity contribution in [1.82, 2.24) is 20.9 Å². The first-order valence-electron chi connectivity index (χ1n) is 16.6. The molecule has 1 aliphatic carbocycles. The molecule has 1 heterocycles. The van der Waals surface area contributed by atoms with Crippen LogP contribution in [0.15, 0.2) is 60.7 Å². The molecule has 45 heavy (non-hydrogen) atoms. The first-order valence-corrected chi connectivity index (χ1v) is 16.6. The van der Waals surface area contributed by atoms with E-state index in [9.17, 15) is 19.5 Å². The number of hydrogen-bond acceptors (Lipinski definition) is 6. The van der Waals surface area contributed by atoms with Crippen LogP contribution in [0.25, 0.3) is 0 Å². The van der Waals surface area contributed by atoms with Crippen molar-refractivity contribution < 1.29 is 24.2 Å². The molecule has 0 bridgehead atoms. The molecule has 2 aromatic carbocycles. The number of hydrogen-bond donors (Lipinski definition) is 4. The molecule has 4 rings (SSSR count). The van der Waals surface area contributed by atoms with Crippen LogP contribution < -0.4 is 16.0 Å². The Hall–Kier alpha value is -3.43. The van der Waals surface area contributed by atoms with Crippen LogP contribution in [0, 0.1) is 5.92 Å². The summed E-state index contributed by atoms with van der Waals surface area (Å²) in [5.41, 5.74) is 1.67. The number of ether oxygens (including phenoxy) is 1. The number of nitrogens with one attached hydrogen (secondary N) is 3. The number of aliphatic hydroxyl groups is 1. The maximum atomic E-state index is 13.8. The third-order valence-corrected chi connectivity index (χ3v) is 9.11. The van der Waals surface area contributed by atoms with E-state index in [4.69, 9.17) is 4.74 Å². The van der Waals surface area contributed by atoms with Crippen molar-refractivity contribution >= 4 is 17.9 Å². The Labute approximate surface area is 268 Å². The summed E-state index contributed by atoms with van der Waals surface area (Å²) in [4.78, 5) is 42.1. The SMILES string of the molecule is CC(C)(C)N1CCC[C@H]1C(=O)NC[C@@H](O)[C@H](Cc1ccccc1)NC(=O)[C@H](CC1CCCCC1)NC(=O)OCc1ccccc1. The summed E-state index contributed by atoms with van der Waals surface area (Å²) in [5.74, 6) is -0.152. The van der Waals surface area contributed by atoms with Gasteiger partial charge in [-0.25, -0.2) is 4.79 Å². The van der Waals surface area contributed by atoms with E-state index in [1.165, 1.54) is 6.42 Å². The van der Waals surface area contributed by atoms with Gasteiger partial charge in [-0.3, -0.25) is 14.5 Å². The van der Waals surface area contributed by atoms with Crippen molar-refractivity contribution in [3.05, 3.63) is 71.8 Å². The summed E-state index contributed by atoms with van der Waals surface area (Å²) in [5, 5.41) is 20.2. The van der Waals surface area contributed by atoms with Crippen LogP contribution in [0.2, 0.25) is 0 Å². The maximum Gasteiger partial charge on any atom is 0.408 e. The molecule has 9 heteroatoms. The summed E-state index contributed by atoms with van der Waals surface area (Å²) in [6, 6.07) is 17.3. The largest absolute Gasteiger partial charge is 0.445 e. The molecule has 9 nitrogen and oxygen atoms in total. The maximum absolute atomic E-state index is 13.8. The van der Waals surface area contributed by atoms with E-state index in [0.717, 1.165) is 56.2 Å². The van der Waals surface area contributed by atoms with Crippen LogP contribution in [0.3, 0.4) is 0 Å². The van der Waals surface area contributed by atoms with Crippen LogP contribution in [0.1, 0.15) is 83.3 Å². The first-order chi connectivity index (χ1) is 21.6. The molecule has 2 fully saturated rings. The predicted molar refractivity (Wildman–Crippen MR) is 175 cm³/mol. The molecule has 4 atom stereocenters. The van der Waals surface area contributed by atoms with Crippen LogP contribution in [-0.4, -0.2) is 70.8 Å². The Balaban J connectivity index is 1.43. The van der Waals surface area contributed by atoms with Crippen LogP contribution >= 0.6 is 0 Å². The summed E-state index contributed by atoms with van der Waals surface area (Å²) in [6.45, 7) is 7.29. The van der Waals surface area contributed by atoms with Gasteiger partial charge in [-0.05, 0) is 70.0 Å². The van der Waals surface area contributed by atoms with Gasteiger partial charge in [-0.15, -0.1) is 0 Å². The van der Waals surface area contributed by atoms with Gasteiger partial charge in [0.2, 0.25) is 11.8 Å². The molecule has 1 saturated carbocycles.